The van der Waals surface area contributed by atoms with Crippen LogP contribution < -0.4 is 60.2 Å². The molecule has 408 valence electrons. The van der Waals surface area contributed by atoms with Gasteiger partial charge in [-0.05, 0) is 152 Å². The molecule has 0 aromatic heterocycles. The quantitative estimate of drug-likeness (QED) is 0.0842. The van der Waals surface area contributed by atoms with Crippen molar-refractivity contribution < 1.29 is 47.9 Å². The number of hydrogen-bond donors (Lipinski definition) is 0. The van der Waals surface area contributed by atoms with Crippen LogP contribution in [0, 0.1) is 61.3 Å². The van der Waals surface area contributed by atoms with Crippen LogP contribution in [0.4, 0.5) is 0 Å². The summed E-state index contributed by atoms with van der Waals surface area (Å²) in [4.78, 5) is 0. The van der Waals surface area contributed by atoms with E-state index in [1.807, 2.05) is 62.4 Å². The van der Waals surface area contributed by atoms with Crippen molar-refractivity contribution in [3.63, 3.8) is 0 Å². The molecule has 2 aliphatic heterocycles. The van der Waals surface area contributed by atoms with Crippen molar-refractivity contribution in [2.75, 3.05) is 27.8 Å². The second-order valence-electron chi connectivity index (χ2n) is 20.4. The Morgan fingerprint density at radius 1 is 0.436 bits per heavy atom. The Hall–Kier alpha value is -5.46. The van der Waals surface area contributed by atoms with Crippen molar-refractivity contribution in [1.29, 1.82) is 0 Å². The SMILES string of the molecule is COc1ccc(C([NH-])(c2ccc(OC)cc2)C([NH-])C(C)C)cc1.Cc1cc(C)cc(P(c2cc(C)cc(C)c2)c2ccc3c(c2-c2c(P(c4cc(C)cc(C)c4)c4cc(C)cc(C)c4)ccc4c2OCO4)OCO3)c1.Cl.Cl.[Ru+2]. The fraction of sp³-hybridized carbons (Fsp3) is 0.262. The topological polar surface area (TPSA) is 103 Å². The maximum atomic E-state index is 9.12. The van der Waals surface area contributed by atoms with Crippen LogP contribution in [0.5, 0.6) is 34.5 Å². The van der Waals surface area contributed by atoms with Gasteiger partial charge in [0.1, 0.15) is 11.5 Å². The molecule has 2 N–H and O–H groups in total. The maximum absolute atomic E-state index is 9.12. The van der Waals surface area contributed by atoms with E-state index in [1.165, 1.54) is 76.3 Å². The van der Waals surface area contributed by atoms with Gasteiger partial charge in [-0.1, -0.05) is 178 Å². The minimum absolute atomic E-state index is 0. The van der Waals surface area contributed by atoms with E-state index >= 15 is 0 Å². The van der Waals surface area contributed by atoms with Gasteiger partial charge in [0.25, 0.3) is 0 Å². The van der Waals surface area contributed by atoms with E-state index in [-0.39, 0.29) is 63.8 Å². The molecular formula is C65H70Cl2N2O6P2Ru. The number of hydrogen-bond acceptors (Lipinski definition) is 6. The van der Waals surface area contributed by atoms with Crippen molar-refractivity contribution in [3.05, 3.63) is 213 Å². The summed E-state index contributed by atoms with van der Waals surface area (Å²) in [7, 11) is 1.13. The molecule has 0 bridgehead atoms. The van der Waals surface area contributed by atoms with Gasteiger partial charge < -0.3 is 39.9 Å². The van der Waals surface area contributed by atoms with Crippen LogP contribution >= 0.6 is 40.7 Å². The Balaban J connectivity index is 0.000000321. The first-order valence-electron chi connectivity index (χ1n) is 25.5. The van der Waals surface area contributed by atoms with Gasteiger partial charge in [-0.2, -0.15) is 0 Å². The van der Waals surface area contributed by atoms with Crippen molar-refractivity contribution >= 4 is 72.5 Å². The molecule has 10 rings (SSSR count). The number of rotatable bonds is 13. The molecule has 0 saturated heterocycles. The van der Waals surface area contributed by atoms with E-state index in [2.05, 4.69) is 152 Å². The Kier molecular flexibility index (Phi) is 20.8. The average Bonchev–Trinajstić information content (AvgIpc) is 4.06. The molecule has 8 aromatic carbocycles. The Labute approximate surface area is 490 Å². The normalized spacial score (nSPS) is 12.5. The molecule has 8 aromatic rings. The molecule has 13 heteroatoms. The van der Waals surface area contributed by atoms with E-state index in [9.17, 15) is 0 Å². The Morgan fingerprint density at radius 3 is 0.974 bits per heavy atom. The first-order chi connectivity index (χ1) is 35.9. The number of methoxy groups -OCH3 is 2. The summed E-state index contributed by atoms with van der Waals surface area (Å²) in [6, 6.07) is 50.9. The molecule has 0 spiro atoms. The smallest absolute Gasteiger partial charge is 0.675 e. The molecule has 0 fully saturated rings. The van der Waals surface area contributed by atoms with E-state index in [0.29, 0.717) is 0 Å². The summed E-state index contributed by atoms with van der Waals surface area (Å²) in [6.07, 6.45) is 0. The Bertz CT molecular complexity index is 3000. The van der Waals surface area contributed by atoms with Crippen molar-refractivity contribution in [3.8, 4) is 45.6 Å². The minimum Gasteiger partial charge on any atom is -0.675 e. The number of halogens is 2. The largest absolute Gasteiger partial charge is 2.00 e. The number of aryl methyl sites for hydroxylation is 8. The molecule has 0 amide bonds. The van der Waals surface area contributed by atoms with E-state index in [4.69, 9.17) is 39.9 Å². The first kappa shape index (κ1) is 61.8. The summed E-state index contributed by atoms with van der Waals surface area (Å²) >= 11 is 0. The van der Waals surface area contributed by atoms with Crippen LogP contribution in [0.25, 0.3) is 22.6 Å². The molecule has 0 saturated carbocycles. The van der Waals surface area contributed by atoms with E-state index < -0.39 is 27.4 Å². The van der Waals surface area contributed by atoms with Gasteiger partial charge in [0.15, 0.2) is 23.0 Å². The summed E-state index contributed by atoms with van der Waals surface area (Å²) in [5, 5.41) is 7.61. The van der Waals surface area contributed by atoms with Gasteiger partial charge >= 0.3 is 19.5 Å². The molecule has 0 radical (unpaired) electrons. The van der Waals surface area contributed by atoms with E-state index in [0.717, 1.165) is 56.8 Å². The molecular weight excluding hydrogens is 1140 g/mol. The first-order valence-corrected chi connectivity index (χ1v) is 28.2. The number of fused-ring (bicyclic) bond motifs is 2. The molecule has 78 heavy (non-hydrogen) atoms. The zero-order chi connectivity index (χ0) is 53.3. The van der Waals surface area contributed by atoms with Gasteiger partial charge in [-0.25, -0.2) is 0 Å². The monoisotopic (exact) mass is 1210 g/mol. The fourth-order valence-electron chi connectivity index (χ4n) is 10.7. The minimum atomic E-state index is -1.15. The van der Waals surface area contributed by atoms with Crippen molar-refractivity contribution in [2.45, 2.75) is 80.8 Å². The second-order valence-corrected chi connectivity index (χ2v) is 24.8. The third kappa shape index (κ3) is 12.9. The predicted octanol–water partition coefficient (Wildman–Crippen LogP) is 14.7. The average molecular weight is 1210 g/mol. The van der Waals surface area contributed by atoms with Crippen LogP contribution in [0.2, 0.25) is 0 Å². The predicted molar refractivity (Wildman–Crippen MR) is 328 cm³/mol. The molecule has 8 nitrogen and oxygen atoms in total. The summed E-state index contributed by atoms with van der Waals surface area (Å²) in [6.45, 7) is 21.9. The van der Waals surface area contributed by atoms with Gasteiger partial charge in [0.2, 0.25) is 13.6 Å². The van der Waals surface area contributed by atoms with Crippen LogP contribution in [0.1, 0.15) is 69.5 Å². The van der Waals surface area contributed by atoms with Crippen LogP contribution in [0.3, 0.4) is 0 Å². The fourth-order valence-corrected chi connectivity index (χ4v) is 16.4. The second kappa shape index (κ2) is 26.2. The summed E-state index contributed by atoms with van der Waals surface area (Å²) in [5.74, 6) is 4.57. The Morgan fingerprint density at radius 2 is 0.718 bits per heavy atom. The summed E-state index contributed by atoms with van der Waals surface area (Å²) in [5.41, 5.74) is 30.2. The van der Waals surface area contributed by atoms with Gasteiger partial charge in [-0.3, -0.25) is 0 Å². The maximum Gasteiger partial charge on any atom is 2.00 e. The van der Waals surface area contributed by atoms with Gasteiger partial charge in [0, 0.05) is 11.1 Å². The third-order valence-corrected chi connectivity index (χ3v) is 18.7. The van der Waals surface area contributed by atoms with Crippen LogP contribution in [-0.4, -0.2) is 33.8 Å². The van der Waals surface area contributed by atoms with E-state index in [1.54, 1.807) is 14.2 Å². The summed E-state index contributed by atoms with van der Waals surface area (Å²) < 4.78 is 35.8. The van der Waals surface area contributed by atoms with Gasteiger partial charge in [-0.15, -0.1) is 30.9 Å². The zero-order valence-electron chi connectivity index (χ0n) is 46.4. The number of benzene rings is 8. The molecule has 0 aliphatic carbocycles. The van der Waals surface area contributed by atoms with Crippen molar-refractivity contribution in [1.82, 2.24) is 0 Å². The van der Waals surface area contributed by atoms with Crippen molar-refractivity contribution in [2.24, 2.45) is 5.92 Å². The van der Waals surface area contributed by atoms with Crippen LogP contribution in [0.15, 0.2) is 146 Å². The molecule has 2 aliphatic rings. The molecule has 2 heterocycles. The zero-order valence-corrected chi connectivity index (χ0v) is 51.6. The molecule has 1 atom stereocenters. The molecule has 1 unspecified atom stereocenters. The number of nitrogens with one attached hydrogen (secondary N) is 2. The third-order valence-electron chi connectivity index (χ3n) is 13.8. The van der Waals surface area contributed by atoms with Gasteiger partial charge in [0.05, 0.1) is 14.2 Å². The standard InChI is InChI=1S/C46H44O4P2.C19H24N2O2.2ClH.Ru/c1-27-13-28(2)18-35(17-27)51(36-19-29(3)14-30(4)20-36)41-11-9-39-45(49-25-47-39)43(41)44-42(12-10-40-46(44)50-26-48-40)52(37-21-31(5)15-32(6)22-37)38-23-33(7)16-34(8)24-38;1-13(2)18(20)19(21,14-5-9-16(22-3)10-6-14)15-7-11-17(23-4)12-8-15;;;/h9-24H,25-26H2,1-8H3;5-13,18,20-21H,1-4H3;2*1H;/q;-2;;;+2. The van der Waals surface area contributed by atoms with Crippen LogP contribution in [-0.2, 0) is 25.0 Å². The number of ether oxygens (including phenoxy) is 6.